The number of aromatic nitrogens is 2. The van der Waals surface area contributed by atoms with Gasteiger partial charge in [-0.25, -0.2) is 0 Å². The lowest BCUT2D eigenvalue weighted by atomic mass is 9.90. The van der Waals surface area contributed by atoms with Crippen molar-refractivity contribution in [3.8, 4) is 11.1 Å². The van der Waals surface area contributed by atoms with Gasteiger partial charge in [0.25, 0.3) is 0 Å². The molecule has 0 saturated carbocycles. The molecule has 4 rings (SSSR count). The Morgan fingerprint density at radius 2 is 1.43 bits per heavy atom. The molecule has 0 aliphatic heterocycles. The van der Waals surface area contributed by atoms with E-state index < -0.39 is 0 Å². The van der Waals surface area contributed by atoms with Crippen LogP contribution in [-0.4, -0.2) is 15.7 Å². The fraction of sp³-hybridized carbons (Fsp3) is 0.0833. The standard InChI is InChI=1S/C24H21N3O/c1-27-17-20(16-25-27)21-14-8-9-15-22(21)26-24(28)23(18-10-4-2-5-11-18)19-12-6-3-7-13-19/h2-17,23H,1H3,(H,26,28). The molecule has 1 N–H and O–H groups in total. The molecule has 1 heterocycles. The van der Waals surface area contributed by atoms with Gasteiger partial charge in [0, 0.05) is 30.1 Å². The molecule has 0 bridgehead atoms. The van der Waals surface area contributed by atoms with Crippen LogP contribution >= 0.6 is 0 Å². The SMILES string of the molecule is Cn1cc(-c2ccccc2NC(=O)C(c2ccccc2)c2ccccc2)cn1. The van der Waals surface area contributed by atoms with Gasteiger partial charge in [-0.2, -0.15) is 5.10 Å². The van der Waals surface area contributed by atoms with E-state index in [4.69, 9.17) is 0 Å². The molecule has 0 spiro atoms. The predicted molar refractivity (Wildman–Crippen MR) is 112 cm³/mol. The number of para-hydroxylation sites is 1. The summed E-state index contributed by atoms with van der Waals surface area (Å²) in [6.07, 6.45) is 3.74. The normalized spacial score (nSPS) is 10.8. The van der Waals surface area contributed by atoms with Gasteiger partial charge in [-0.1, -0.05) is 78.9 Å². The number of hydrogen-bond acceptors (Lipinski definition) is 2. The quantitative estimate of drug-likeness (QED) is 0.548. The number of nitrogens with zero attached hydrogens (tertiary/aromatic N) is 2. The van der Waals surface area contributed by atoms with Crippen molar-refractivity contribution >= 4 is 11.6 Å². The van der Waals surface area contributed by atoms with Crippen molar-refractivity contribution in [2.45, 2.75) is 5.92 Å². The van der Waals surface area contributed by atoms with Crippen LogP contribution in [0.2, 0.25) is 0 Å². The summed E-state index contributed by atoms with van der Waals surface area (Å²) in [6.45, 7) is 0. The second kappa shape index (κ2) is 7.92. The van der Waals surface area contributed by atoms with E-state index in [1.165, 1.54) is 0 Å². The average molecular weight is 367 g/mol. The van der Waals surface area contributed by atoms with Gasteiger partial charge < -0.3 is 5.32 Å². The third-order valence-corrected chi connectivity index (χ3v) is 4.73. The molecule has 0 radical (unpaired) electrons. The van der Waals surface area contributed by atoms with Gasteiger partial charge in [0.1, 0.15) is 0 Å². The van der Waals surface area contributed by atoms with Crippen LogP contribution in [-0.2, 0) is 11.8 Å². The molecule has 0 aliphatic carbocycles. The molecule has 1 amide bonds. The summed E-state index contributed by atoms with van der Waals surface area (Å²) in [6, 6.07) is 27.5. The lowest BCUT2D eigenvalue weighted by Crippen LogP contribution is -2.22. The Hall–Kier alpha value is -3.66. The molecule has 0 atom stereocenters. The molecule has 1 aromatic heterocycles. The average Bonchev–Trinajstić information content (AvgIpc) is 3.16. The minimum Gasteiger partial charge on any atom is -0.325 e. The lowest BCUT2D eigenvalue weighted by molar-refractivity contribution is -0.116. The molecular weight excluding hydrogens is 346 g/mol. The molecule has 3 aromatic carbocycles. The van der Waals surface area contributed by atoms with Crippen molar-refractivity contribution in [1.82, 2.24) is 9.78 Å². The summed E-state index contributed by atoms with van der Waals surface area (Å²) in [4.78, 5) is 13.4. The molecule has 4 heteroatoms. The number of anilines is 1. The first-order valence-corrected chi connectivity index (χ1v) is 9.21. The summed E-state index contributed by atoms with van der Waals surface area (Å²) in [5.74, 6) is -0.446. The van der Waals surface area contributed by atoms with Gasteiger partial charge in [0.15, 0.2) is 0 Å². The summed E-state index contributed by atoms with van der Waals surface area (Å²) >= 11 is 0. The Kier molecular flexibility index (Phi) is 5.02. The number of nitrogens with one attached hydrogen (secondary N) is 1. The van der Waals surface area contributed by atoms with Crippen LogP contribution in [0, 0.1) is 0 Å². The topological polar surface area (TPSA) is 46.9 Å². The van der Waals surface area contributed by atoms with Crippen molar-refractivity contribution in [2.75, 3.05) is 5.32 Å². The van der Waals surface area contributed by atoms with Gasteiger partial charge >= 0.3 is 0 Å². The van der Waals surface area contributed by atoms with Crippen LogP contribution in [0.15, 0.2) is 97.3 Å². The molecule has 0 saturated heterocycles. The molecule has 138 valence electrons. The maximum absolute atomic E-state index is 13.4. The molecule has 0 unspecified atom stereocenters. The second-order valence-corrected chi connectivity index (χ2v) is 6.69. The number of benzene rings is 3. The second-order valence-electron chi connectivity index (χ2n) is 6.69. The monoisotopic (exact) mass is 367 g/mol. The summed E-state index contributed by atoms with van der Waals surface area (Å²) in [5, 5.41) is 7.39. The Labute approximate surface area is 164 Å². The molecular formula is C24H21N3O. The van der Waals surface area contributed by atoms with E-state index in [1.54, 1.807) is 10.9 Å². The van der Waals surface area contributed by atoms with E-state index in [1.807, 2.05) is 98.2 Å². The van der Waals surface area contributed by atoms with Crippen molar-refractivity contribution < 1.29 is 4.79 Å². The van der Waals surface area contributed by atoms with Crippen molar-refractivity contribution in [1.29, 1.82) is 0 Å². The molecule has 4 nitrogen and oxygen atoms in total. The smallest absolute Gasteiger partial charge is 0.236 e. The first kappa shape index (κ1) is 17.7. The third kappa shape index (κ3) is 3.71. The Bertz CT molecular complexity index is 1030. The predicted octanol–water partition coefficient (Wildman–Crippen LogP) is 4.86. The number of rotatable bonds is 5. The van der Waals surface area contributed by atoms with Crippen molar-refractivity contribution in [2.24, 2.45) is 7.05 Å². The van der Waals surface area contributed by atoms with Crippen LogP contribution in [0.3, 0.4) is 0 Å². The van der Waals surface area contributed by atoms with Gasteiger partial charge in [0.05, 0.1) is 12.1 Å². The van der Waals surface area contributed by atoms with Gasteiger partial charge in [-0.05, 0) is 17.2 Å². The zero-order chi connectivity index (χ0) is 19.3. The van der Waals surface area contributed by atoms with E-state index in [9.17, 15) is 4.79 Å². The zero-order valence-electron chi connectivity index (χ0n) is 15.6. The van der Waals surface area contributed by atoms with Gasteiger partial charge in [0.2, 0.25) is 5.91 Å². The maximum Gasteiger partial charge on any atom is 0.236 e. The largest absolute Gasteiger partial charge is 0.325 e. The van der Waals surface area contributed by atoms with E-state index in [2.05, 4.69) is 10.4 Å². The molecule has 0 aliphatic rings. The number of carbonyl (C=O) groups excluding carboxylic acids is 1. The first-order valence-electron chi connectivity index (χ1n) is 9.21. The molecule has 0 fully saturated rings. The van der Waals surface area contributed by atoms with Crippen LogP contribution < -0.4 is 5.32 Å². The Morgan fingerprint density at radius 3 is 2.00 bits per heavy atom. The van der Waals surface area contributed by atoms with E-state index in [0.717, 1.165) is 27.9 Å². The zero-order valence-corrected chi connectivity index (χ0v) is 15.6. The van der Waals surface area contributed by atoms with E-state index in [0.29, 0.717) is 0 Å². The highest BCUT2D eigenvalue weighted by Gasteiger charge is 2.23. The highest BCUT2D eigenvalue weighted by atomic mass is 16.1. The molecule has 4 aromatic rings. The number of amides is 1. The fourth-order valence-electron chi connectivity index (χ4n) is 3.40. The highest BCUT2D eigenvalue weighted by molar-refractivity contribution is 6.01. The Balaban J connectivity index is 1.70. The lowest BCUT2D eigenvalue weighted by Gasteiger charge is -2.19. The van der Waals surface area contributed by atoms with Crippen LogP contribution in [0.5, 0.6) is 0 Å². The number of hydrogen-bond donors (Lipinski definition) is 1. The molecule has 28 heavy (non-hydrogen) atoms. The van der Waals surface area contributed by atoms with Crippen molar-refractivity contribution in [3.05, 3.63) is 108 Å². The highest BCUT2D eigenvalue weighted by Crippen LogP contribution is 2.30. The van der Waals surface area contributed by atoms with Crippen LogP contribution in [0.4, 0.5) is 5.69 Å². The third-order valence-electron chi connectivity index (χ3n) is 4.73. The minimum absolute atomic E-state index is 0.0614. The van der Waals surface area contributed by atoms with Crippen LogP contribution in [0.25, 0.3) is 11.1 Å². The fourth-order valence-corrected chi connectivity index (χ4v) is 3.40. The Morgan fingerprint density at radius 1 is 0.857 bits per heavy atom. The number of carbonyl (C=O) groups is 1. The van der Waals surface area contributed by atoms with E-state index >= 15 is 0 Å². The number of aryl methyl sites for hydroxylation is 1. The summed E-state index contributed by atoms with van der Waals surface area (Å²) in [7, 11) is 1.88. The van der Waals surface area contributed by atoms with Gasteiger partial charge in [-0.3, -0.25) is 9.48 Å². The maximum atomic E-state index is 13.4. The summed E-state index contributed by atoms with van der Waals surface area (Å²) in [5.41, 5.74) is 4.62. The minimum atomic E-state index is -0.385. The first-order chi connectivity index (χ1) is 13.7. The van der Waals surface area contributed by atoms with E-state index in [-0.39, 0.29) is 11.8 Å². The van der Waals surface area contributed by atoms with Gasteiger partial charge in [-0.15, -0.1) is 0 Å². The summed E-state index contributed by atoms with van der Waals surface area (Å²) < 4.78 is 1.75. The van der Waals surface area contributed by atoms with Crippen LogP contribution in [0.1, 0.15) is 17.0 Å². The van der Waals surface area contributed by atoms with Crippen molar-refractivity contribution in [3.63, 3.8) is 0 Å².